The first kappa shape index (κ1) is 15.3. The molecule has 0 aliphatic heterocycles. The predicted molar refractivity (Wildman–Crippen MR) is 82.7 cm³/mol. The van der Waals surface area contributed by atoms with Crippen LogP contribution in [0.25, 0.3) is 6.08 Å². The SMILES string of the molecule is COc1cc(Cl)nc(NC(=O)/C=C/c2ccc(Cl)cc2)n1. The van der Waals surface area contributed by atoms with Crippen LogP contribution in [0.3, 0.4) is 0 Å². The van der Waals surface area contributed by atoms with E-state index in [1.54, 1.807) is 30.3 Å². The molecule has 0 saturated heterocycles. The molecular weight excluding hydrogens is 313 g/mol. The lowest BCUT2D eigenvalue weighted by Crippen LogP contribution is -2.11. The maximum atomic E-state index is 11.8. The van der Waals surface area contributed by atoms with Gasteiger partial charge in [0.1, 0.15) is 5.15 Å². The highest BCUT2D eigenvalue weighted by molar-refractivity contribution is 6.30. The highest BCUT2D eigenvalue weighted by Crippen LogP contribution is 2.16. The second kappa shape index (κ2) is 7.06. The second-order valence-electron chi connectivity index (χ2n) is 3.93. The zero-order valence-corrected chi connectivity index (χ0v) is 12.5. The van der Waals surface area contributed by atoms with Crippen molar-refractivity contribution < 1.29 is 9.53 Å². The molecule has 108 valence electrons. The van der Waals surface area contributed by atoms with Gasteiger partial charge < -0.3 is 4.74 Å². The molecule has 1 aromatic heterocycles. The summed E-state index contributed by atoms with van der Waals surface area (Å²) >= 11 is 11.6. The maximum Gasteiger partial charge on any atom is 0.250 e. The van der Waals surface area contributed by atoms with Crippen molar-refractivity contribution >= 4 is 41.1 Å². The number of ether oxygens (including phenoxy) is 1. The molecule has 0 spiro atoms. The fourth-order valence-corrected chi connectivity index (χ4v) is 1.75. The monoisotopic (exact) mass is 323 g/mol. The van der Waals surface area contributed by atoms with Gasteiger partial charge in [-0.3, -0.25) is 10.1 Å². The number of carbonyl (C=O) groups is 1. The minimum absolute atomic E-state index is 0.0742. The molecule has 0 saturated carbocycles. The van der Waals surface area contributed by atoms with Gasteiger partial charge in [-0.1, -0.05) is 35.3 Å². The lowest BCUT2D eigenvalue weighted by Gasteiger charge is -2.03. The largest absolute Gasteiger partial charge is 0.481 e. The summed E-state index contributed by atoms with van der Waals surface area (Å²) in [5.74, 6) is -0.0358. The Bertz CT molecular complexity index is 672. The topological polar surface area (TPSA) is 64.1 Å². The average molecular weight is 324 g/mol. The van der Waals surface area contributed by atoms with Crippen LogP contribution in [0.4, 0.5) is 5.95 Å². The van der Waals surface area contributed by atoms with E-state index in [0.29, 0.717) is 5.02 Å². The maximum absolute atomic E-state index is 11.8. The summed E-state index contributed by atoms with van der Waals surface area (Å²) in [4.78, 5) is 19.6. The molecule has 0 aliphatic carbocycles. The van der Waals surface area contributed by atoms with Gasteiger partial charge in [0, 0.05) is 17.2 Å². The normalized spacial score (nSPS) is 10.6. The molecule has 1 heterocycles. The van der Waals surface area contributed by atoms with Gasteiger partial charge in [-0.2, -0.15) is 4.98 Å². The zero-order valence-electron chi connectivity index (χ0n) is 11.0. The number of amides is 1. The third-order valence-electron chi connectivity index (χ3n) is 2.41. The van der Waals surface area contributed by atoms with Crippen LogP contribution in [0, 0.1) is 0 Å². The number of nitrogens with zero attached hydrogens (tertiary/aromatic N) is 2. The molecule has 0 bridgehead atoms. The van der Waals surface area contributed by atoms with Gasteiger partial charge in [-0.15, -0.1) is 0 Å². The fraction of sp³-hybridized carbons (Fsp3) is 0.0714. The van der Waals surface area contributed by atoms with Crippen molar-refractivity contribution in [3.8, 4) is 5.88 Å². The van der Waals surface area contributed by atoms with E-state index in [2.05, 4.69) is 15.3 Å². The standard InChI is InChI=1S/C14H11Cl2N3O2/c1-21-13-8-11(16)17-14(19-13)18-12(20)7-4-9-2-5-10(15)6-3-9/h2-8H,1H3,(H,17,18,19,20)/b7-4+. The first-order valence-electron chi connectivity index (χ1n) is 5.90. The van der Waals surface area contributed by atoms with E-state index in [4.69, 9.17) is 27.9 Å². The van der Waals surface area contributed by atoms with Gasteiger partial charge in [0.25, 0.3) is 5.91 Å². The van der Waals surface area contributed by atoms with Crippen LogP contribution in [-0.2, 0) is 4.79 Å². The number of benzene rings is 1. The molecule has 0 atom stereocenters. The summed E-state index contributed by atoms with van der Waals surface area (Å²) in [7, 11) is 1.45. The van der Waals surface area contributed by atoms with Crippen molar-refractivity contribution in [1.82, 2.24) is 9.97 Å². The molecule has 1 N–H and O–H groups in total. The molecule has 5 nitrogen and oxygen atoms in total. The lowest BCUT2D eigenvalue weighted by atomic mass is 10.2. The summed E-state index contributed by atoms with van der Waals surface area (Å²) in [6, 6.07) is 8.52. The van der Waals surface area contributed by atoms with Gasteiger partial charge >= 0.3 is 0 Å². The molecule has 2 aromatic rings. The lowest BCUT2D eigenvalue weighted by molar-refractivity contribution is -0.111. The number of hydrogen-bond acceptors (Lipinski definition) is 4. The summed E-state index contributed by atoms with van der Waals surface area (Å²) < 4.78 is 4.94. The summed E-state index contributed by atoms with van der Waals surface area (Å²) in [5.41, 5.74) is 0.846. The van der Waals surface area contributed by atoms with Gasteiger partial charge in [-0.25, -0.2) is 4.98 Å². The van der Waals surface area contributed by atoms with E-state index in [1.165, 1.54) is 19.3 Å². The highest BCUT2D eigenvalue weighted by Gasteiger charge is 2.05. The van der Waals surface area contributed by atoms with E-state index >= 15 is 0 Å². The van der Waals surface area contributed by atoms with E-state index in [9.17, 15) is 4.79 Å². The zero-order chi connectivity index (χ0) is 15.2. The first-order valence-corrected chi connectivity index (χ1v) is 6.65. The fourth-order valence-electron chi connectivity index (χ4n) is 1.46. The number of carbonyl (C=O) groups excluding carboxylic acids is 1. The number of hydrogen-bond donors (Lipinski definition) is 1. The van der Waals surface area contributed by atoms with Crippen molar-refractivity contribution in [1.29, 1.82) is 0 Å². The molecule has 0 unspecified atom stereocenters. The number of aromatic nitrogens is 2. The van der Waals surface area contributed by atoms with Gasteiger partial charge in [0.05, 0.1) is 7.11 Å². The Morgan fingerprint density at radius 2 is 1.95 bits per heavy atom. The number of halogens is 2. The quantitative estimate of drug-likeness (QED) is 0.691. The van der Waals surface area contributed by atoms with E-state index in [1.807, 2.05) is 0 Å². The van der Waals surface area contributed by atoms with Crippen LogP contribution < -0.4 is 10.1 Å². The number of methoxy groups -OCH3 is 1. The highest BCUT2D eigenvalue weighted by atomic mass is 35.5. The van der Waals surface area contributed by atoms with Crippen molar-refractivity contribution in [3.63, 3.8) is 0 Å². The summed E-state index contributed by atoms with van der Waals surface area (Å²) in [6.07, 6.45) is 3.01. The van der Waals surface area contributed by atoms with Crippen LogP contribution in [0.2, 0.25) is 10.2 Å². The van der Waals surface area contributed by atoms with Crippen molar-refractivity contribution in [2.75, 3.05) is 12.4 Å². The average Bonchev–Trinajstić information content (AvgIpc) is 2.46. The molecule has 1 amide bonds. The molecule has 0 fully saturated rings. The van der Waals surface area contributed by atoms with Crippen LogP contribution in [-0.4, -0.2) is 23.0 Å². The van der Waals surface area contributed by atoms with Gasteiger partial charge in [0.15, 0.2) is 0 Å². The van der Waals surface area contributed by atoms with Crippen molar-refractivity contribution in [3.05, 3.63) is 52.1 Å². The van der Waals surface area contributed by atoms with E-state index in [0.717, 1.165) is 5.56 Å². The predicted octanol–water partition coefficient (Wildman–Crippen LogP) is 3.44. The Balaban J connectivity index is 2.04. The van der Waals surface area contributed by atoms with E-state index in [-0.39, 0.29) is 22.9 Å². The Morgan fingerprint density at radius 3 is 2.62 bits per heavy atom. The number of rotatable bonds is 4. The molecule has 0 aliphatic rings. The third-order valence-corrected chi connectivity index (χ3v) is 2.86. The van der Waals surface area contributed by atoms with Crippen molar-refractivity contribution in [2.45, 2.75) is 0 Å². The Kier molecular flexibility index (Phi) is 5.14. The van der Waals surface area contributed by atoms with Crippen LogP contribution in [0.1, 0.15) is 5.56 Å². The van der Waals surface area contributed by atoms with Gasteiger partial charge in [0.2, 0.25) is 11.8 Å². The summed E-state index contributed by atoms with van der Waals surface area (Å²) in [5, 5.41) is 3.32. The summed E-state index contributed by atoms with van der Waals surface area (Å²) in [6.45, 7) is 0. The molecule has 2 rings (SSSR count). The third kappa shape index (κ3) is 4.73. The van der Waals surface area contributed by atoms with Crippen LogP contribution in [0.5, 0.6) is 5.88 Å². The van der Waals surface area contributed by atoms with Crippen LogP contribution in [0.15, 0.2) is 36.4 Å². The molecular formula is C14H11Cl2N3O2. The second-order valence-corrected chi connectivity index (χ2v) is 4.75. The molecule has 1 aromatic carbocycles. The molecule has 0 radical (unpaired) electrons. The number of nitrogens with one attached hydrogen (secondary N) is 1. The number of anilines is 1. The van der Waals surface area contributed by atoms with Crippen LogP contribution >= 0.6 is 23.2 Å². The Morgan fingerprint density at radius 1 is 1.24 bits per heavy atom. The minimum Gasteiger partial charge on any atom is -0.481 e. The first-order chi connectivity index (χ1) is 10.1. The molecule has 7 heteroatoms. The van der Waals surface area contributed by atoms with Gasteiger partial charge in [-0.05, 0) is 23.8 Å². The Hall–Kier alpha value is -2.11. The van der Waals surface area contributed by atoms with Crippen molar-refractivity contribution in [2.24, 2.45) is 0 Å². The Labute approximate surface area is 131 Å². The minimum atomic E-state index is -0.380. The molecule has 21 heavy (non-hydrogen) atoms. The van der Waals surface area contributed by atoms with E-state index < -0.39 is 0 Å². The smallest absolute Gasteiger partial charge is 0.250 e.